The first-order chi connectivity index (χ1) is 5.70. The van der Waals surface area contributed by atoms with E-state index in [9.17, 15) is 4.79 Å². The first kappa shape index (κ1) is 9.25. The molecule has 1 aromatic rings. The second kappa shape index (κ2) is 4.25. The van der Waals surface area contributed by atoms with Crippen molar-refractivity contribution in [2.45, 2.75) is 11.8 Å². The van der Waals surface area contributed by atoms with Crippen molar-refractivity contribution in [3.8, 4) is 0 Å². The molecule has 4 nitrogen and oxygen atoms in total. The molecule has 0 saturated carbocycles. The summed E-state index contributed by atoms with van der Waals surface area (Å²) in [5, 5.41) is 6.17. The molecule has 0 radical (unpaired) electrons. The topological polar surface area (TPSA) is 55.0 Å². The van der Waals surface area contributed by atoms with E-state index in [1.807, 2.05) is 6.92 Å². The predicted molar refractivity (Wildman–Crippen MR) is 47.3 cm³/mol. The van der Waals surface area contributed by atoms with Gasteiger partial charge in [0.2, 0.25) is 0 Å². The molecule has 5 heteroatoms. The Hall–Kier alpha value is -0.840. The molecule has 1 heterocycles. The van der Waals surface area contributed by atoms with Crippen LogP contribution in [0, 0.1) is 0 Å². The summed E-state index contributed by atoms with van der Waals surface area (Å²) in [7, 11) is 0. The number of halogens is 1. The van der Waals surface area contributed by atoms with Gasteiger partial charge in [0.05, 0.1) is 11.8 Å². The maximum atomic E-state index is 11.1. The number of H-pyrrole nitrogens is 1. The van der Waals surface area contributed by atoms with Crippen LogP contribution >= 0.6 is 15.9 Å². The van der Waals surface area contributed by atoms with E-state index < -0.39 is 0 Å². The van der Waals surface area contributed by atoms with Gasteiger partial charge in [0.15, 0.2) is 0 Å². The Morgan fingerprint density at radius 2 is 2.67 bits per heavy atom. The van der Waals surface area contributed by atoms with Gasteiger partial charge in [-0.25, -0.2) is 4.79 Å². The van der Waals surface area contributed by atoms with Gasteiger partial charge in [-0.05, 0) is 6.92 Å². The van der Waals surface area contributed by atoms with E-state index in [2.05, 4.69) is 26.1 Å². The molecule has 0 saturated heterocycles. The fourth-order valence-electron chi connectivity index (χ4n) is 0.636. The fraction of sp³-hybridized carbons (Fsp3) is 0.429. The molecule has 0 amide bonds. The molecule has 0 aliphatic heterocycles. The highest BCUT2D eigenvalue weighted by atomic mass is 79.9. The van der Waals surface area contributed by atoms with Gasteiger partial charge in [-0.2, -0.15) is 5.10 Å². The third kappa shape index (κ3) is 2.65. The monoisotopic (exact) mass is 232 g/mol. The van der Waals surface area contributed by atoms with Crippen molar-refractivity contribution < 1.29 is 9.53 Å². The fourth-order valence-corrected chi connectivity index (χ4v) is 0.769. The van der Waals surface area contributed by atoms with Crippen LogP contribution in [0.1, 0.15) is 17.3 Å². The average molecular weight is 233 g/mol. The van der Waals surface area contributed by atoms with Crippen LogP contribution < -0.4 is 0 Å². The summed E-state index contributed by atoms with van der Waals surface area (Å²) < 4.78 is 4.90. The molecular weight excluding hydrogens is 224 g/mol. The number of ether oxygens (including phenoxy) is 1. The maximum Gasteiger partial charge on any atom is 0.341 e. The Kier molecular flexibility index (Phi) is 3.28. The summed E-state index contributed by atoms with van der Waals surface area (Å²) >= 11 is 3.27. The van der Waals surface area contributed by atoms with Gasteiger partial charge < -0.3 is 4.74 Å². The van der Waals surface area contributed by atoms with Crippen LogP contribution in [0.25, 0.3) is 0 Å². The third-order valence-electron chi connectivity index (χ3n) is 1.18. The number of hydrogen-bond acceptors (Lipinski definition) is 3. The molecular formula is C7H9BrN2O2. The van der Waals surface area contributed by atoms with Crippen LogP contribution in [0.2, 0.25) is 0 Å². The second-order valence-electron chi connectivity index (χ2n) is 2.37. The lowest BCUT2D eigenvalue weighted by Crippen LogP contribution is -2.10. The Morgan fingerprint density at radius 3 is 3.17 bits per heavy atom. The highest BCUT2D eigenvalue weighted by molar-refractivity contribution is 9.09. The molecule has 0 aliphatic carbocycles. The summed E-state index contributed by atoms with van der Waals surface area (Å²) in [6, 6.07) is 0. The highest BCUT2D eigenvalue weighted by Crippen LogP contribution is 2.02. The summed E-state index contributed by atoms with van der Waals surface area (Å²) in [6.45, 7) is 2.27. The molecule has 0 spiro atoms. The highest BCUT2D eigenvalue weighted by Gasteiger charge is 2.08. The number of rotatable bonds is 3. The second-order valence-corrected chi connectivity index (χ2v) is 3.93. The number of alkyl halides is 1. The predicted octanol–water partition coefficient (Wildman–Crippen LogP) is 1.35. The molecule has 1 atom stereocenters. The number of carbonyl (C=O) groups is 1. The molecule has 1 N–H and O–H groups in total. The lowest BCUT2D eigenvalue weighted by Gasteiger charge is -2.03. The number of nitrogens with one attached hydrogen (secondary N) is 1. The van der Waals surface area contributed by atoms with Gasteiger partial charge in [0, 0.05) is 11.0 Å². The largest absolute Gasteiger partial charge is 0.461 e. The zero-order chi connectivity index (χ0) is 8.97. The molecule has 0 fully saturated rings. The normalized spacial score (nSPS) is 12.5. The van der Waals surface area contributed by atoms with Crippen molar-refractivity contribution in [2.24, 2.45) is 0 Å². The minimum atomic E-state index is -0.352. The molecule has 1 unspecified atom stereocenters. The van der Waals surface area contributed by atoms with Gasteiger partial charge in [0.25, 0.3) is 0 Å². The lowest BCUT2D eigenvalue weighted by molar-refractivity contribution is 0.0512. The van der Waals surface area contributed by atoms with E-state index in [1.165, 1.54) is 12.4 Å². The van der Waals surface area contributed by atoms with Crippen molar-refractivity contribution in [1.29, 1.82) is 0 Å². The first-order valence-corrected chi connectivity index (χ1v) is 4.41. The van der Waals surface area contributed by atoms with E-state index in [4.69, 9.17) is 4.74 Å². The SMILES string of the molecule is CC(Br)COC(=O)c1cn[nH]c1. The number of aromatic nitrogens is 2. The summed E-state index contributed by atoms with van der Waals surface area (Å²) in [5.74, 6) is -0.352. The number of carbonyl (C=O) groups excluding carboxylic acids is 1. The quantitative estimate of drug-likeness (QED) is 0.633. The minimum Gasteiger partial charge on any atom is -0.461 e. The summed E-state index contributed by atoms with van der Waals surface area (Å²) in [6.07, 6.45) is 2.93. The van der Waals surface area contributed by atoms with Crippen LogP contribution in [-0.2, 0) is 4.74 Å². The van der Waals surface area contributed by atoms with Gasteiger partial charge in [-0.1, -0.05) is 15.9 Å². The van der Waals surface area contributed by atoms with Crippen molar-refractivity contribution in [2.75, 3.05) is 6.61 Å². The molecule has 0 aromatic carbocycles. The van der Waals surface area contributed by atoms with Crippen LogP contribution in [0.3, 0.4) is 0 Å². The van der Waals surface area contributed by atoms with Crippen molar-refractivity contribution in [1.82, 2.24) is 10.2 Å². The minimum absolute atomic E-state index is 0.174. The standard InChI is InChI=1S/C7H9BrN2O2/c1-5(8)4-12-7(11)6-2-9-10-3-6/h2-3,5H,4H2,1H3,(H,9,10). The Bertz CT molecular complexity index is 246. The van der Waals surface area contributed by atoms with E-state index in [1.54, 1.807) is 0 Å². The molecule has 0 bridgehead atoms. The van der Waals surface area contributed by atoms with Crippen LogP contribution in [0.5, 0.6) is 0 Å². The van der Waals surface area contributed by atoms with Gasteiger partial charge in [0.1, 0.15) is 6.61 Å². The Morgan fingerprint density at radius 1 is 1.92 bits per heavy atom. The van der Waals surface area contributed by atoms with Crippen molar-refractivity contribution in [3.63, 3.8) is 0 Å². The van der Waals surface area contributed by atoms with E-state index in [-0.39, 0.29) is 10.8 Å². The maximum absolute atomic E-state index is 11.1. The number of nitrogens with zero attached hydrogens (tertiary/aromatic N) is 1. The molecule has 1 aromatic heterocycles. The number of esters is 1. The van der Waals surface area contributed by atoms with Crippen LogP contribution in [-0.4, -0.2) is 27.6 Å². The Labute approximate surface area is 78.4 Å². The van der Waals surface area contributed by atoms with Gasteiger partial charge in [-0.3, -0.25) is 5.10 Å². The van der Waals surface area contributed by atoms with Crippen molar-refractivity contribution >= 4 is 21.9 Å². The van der Waals surface area contributed by atoms with Crippen molar-refractivity contribution in [3.05, 3.63) is 18.0 Å². The average Bonchev–Trinajstić information content (AvgIpc) is 2.51. The smallest absolute Gasteiger partial charge is 0.341 e. The molecule has 66 valence electrons. The van der Waals surface area contributed by atoms with Gasteiger partial charge >= 0.3 is 5.97 Å². The van der Waals surface area contributed by atoms with E-state index in [0.717, 1.165) is 0 Å². The van der Waals surface area contributed by atoms with Gasteiger partial charge in [-0.15, -0.1) is 0 Å². The zero-order valence-corrected chi connectivity index (χ0v) is 8.17. The molecule has 1 rings (SSSR count). The number of hydrogen-bond donors (Lipinski definition) is 1. The van der Waals surface area contributed by atoms with Crippen LogP contribution in [0.15, 0.2) is 12.4 Å². The summed E-state index contributed by atoms with van der Waals surface area (Å²) in [4.78, 5) is 11.3. The lowest BCUT2D eigenvalue weighted by atomic mass is 10.4. The zero-order valence-electron chi connectivity index (χ0n) is 6.58. The third-order valence-corrected chi connectivity index (χ3v) is 1.44. The number of aromatic amines is 1. The first-order valence-electron chi connectivity index (χ1n) is 3.50. The summed E-state index contributed by atoms with van der Waals surface area (Å²) in [5.41, 5.74) is 0.447. The molecule has 0 aliphatic rings. The van der Waals surface area contributed by atoms with E-state index in [0.29, 0.717) is 12.2 Å². The molecule has 12 heavy (non-hydrogen) atoms. The Balaban J connectivity index is 2.40. The van der Waals surface area contributed by atoms with E-state index >= 15 is 0 Å². The van der Waals surface area contributed by atoms with Crippen LogP contribution in [0.4, 0.5) is 0 Å².